The van der Waals surface area contributed by atoms with Crippen molar-refractivity contribution in [2.75, 3.05) is 9.80 Å². The van der Waals surface area contributed by atoms with E-state index in [9.17, 15) is 9.59 Å². The second-order valence-corrected chi connectivity index (χ2v) is 8.59. The van der Waals surface area contributed by atoms with Gasteiger partial charge in [0.1, 0.15) is 0 Å². The summed E-state index contributed by atoms with van der Waals surface area (Å²) in [6.45, 7) is 0.444. The third-order valence-corrected chi connectivity index (χ3v) is 6.49. The third kappa shape index (κ3) is 3.05. The van der Waals surface area contributed by atoms with Crippen molar-refractivity contribution in [2.45, 2.75) is 6.54 Å². The SMILES string of the molecule is O=C1/C(=C2\SC(=S)N(c3ccccc3)C2=O)c2ccccc2N1Cc1ccccc1. The van der Waals surface area contributed by atoms with E-state index in [0.717, 1.165) is 16.8 Å². The van der Waals surface area contributed by atoms with Crippen LogP contribution in [0.2, 0.25) is 0 Å². The van der Waals surface area contributed by atoms with Crippen molar-refractivity contribution in [2.24, 2.45) is 0 Å². The van der Waals surface area contributed by atoms with Crippen LogP contribution in [0, 0.1) is 0 Å². The molecule has 3 aromatic carbocycles. The lowest BCUT2D eigenvalue weighted by Crippen LogP contribution is -2.29. The summed E-state index contributed by atoms with van der Waals surface area (Å²) in [4.78, 5) is 30.4. The van der Waals surface area contributed by atoms with Crippen LogP contribution < -0.4 is 9.80 Å². The molecule has 30 heavy (non-hydrogen) atoms. The van der Waals surface area contributed by atoms with E-state index < -0.39 is 0 Å². The van der Waals surface area contributed by atoms with Gasteiger partial charge in [0.05, 0.1) is 28.4 Å². The molecule has 2 aliphatic heterocycles. The molecule has 0 aromatic heterocycles. The van der Waals surface area contributed by atoms with E-state index >= 15 is 0 Å². The van der Waals surface area contributed by atoms with Crippen molar-refractivity contribution in [3.8, 4) is 0 Å². The van der Waals surface area contributed by atoms with Crippen molar-refractivity contribution in [1.82, 2.24) is 0 Å². The summed E-state index contributed by atoms with van der Waals surface area (Å²) in [6, 6.07) is 26.7. The van der Waals surface area contributed by atoms with Gasteiger partial charge in [-0.15, -0.1) is 0 Å². The van der Waals surface area contributed by atoms with Crippen LogP contribution in [0.25, 0.3) is 5.57 Å². The predicted molar refractivity (Wildman–Crippen MR) is 125 cm³/mol. The summed E-state index contributed by atoms with van der Waals surface area (Å²) in [5, 5.41) is 0. The molecule has 0 radical (unpaired) electrons. The first-order valence-electron chi connectivity index (χ1n) is 9.46. The zero-order valence-corrected chi connectivity index (χ0v) is 17.5. The molecular weight excluding hydrogens is 412 g/mol. The van der Waals surface area contributed by atoms with Gasteiger partial charge < -0.3 is 4.90 Å². The maximum Gasteiger partial charge on any atom is 0.271 e. The van der Waals surface area contributed by atoms with Crippen LogP contribution in [0.4, 0.5) is 11.4 Å². The van der Waals surface area contributed by atoms with E-state index in [0.29, 0.717) is 27.0 Å². The number of fused-ring (bicyclic) bond motifs is 1. The Hall–Kier alpha value is -3.22. The summed E-state index contributed by atoms with van der Waals surface area (Å²) >= 11 is 6.68. The van der Waals surface area contributed by atoms with Crippen molar-refractivity contribution < 1.29 is 9.59 Å². The highest BCUT2D eigenvalue weighted by molar-refractivity contribution is 8.27. The minimum atomic E-state index is -0.254. The highest BCUT2D eigenvalue weighted by Gasteiger charge is 2.42. The van der Waals surface area contributed by atoms with E-state index in [-0.39, 0.29) is 11.8 Å². The Morgan fingerprint density at radius 2 is 1.40 bits per heavy atom. The lowest BCUT2D eigenvalue weighted by Gasteiger charge is -2.17. The van der Waals surface area contributed by atoms with Crippen LogP contribution in [0.3, 0.4) is 0 Å². The molecule has 1 saturated heterocycles. The van der Waals surface area contributed by atoms with Gasteiger partial charge in [-0.05, 0) is 23.8 Å². The lowest BCUT2D eigenvalue weighted by atomic mass is 10.1. The summed E-state index contributed by atoms with van der Waals surface area (Å²) in [7, 11) is 0. The zero-order valence-electron chi connectivity index (χ0n) is 15.8. The summed E-state index contributed by atoms with van der Waals surface area (Å²) < 4.78 is 0.431. The average molecular weight is 429 g/mol. The number of carbonyl (C=O) groups excluding carboxylic acids is 2. The summed E-state index contributed by atoms with van der Waals surface area (Å²) in [5.41, 5.74) is 3.74. The predicted octanol–water partition coefficient (Wildman–Crippen LogP) is 5.01. The molecule has 4 nitrogen and oxygen atoms in total. The fourth-order valence-electron chi connectivity index (χ4n) is 3.74. The maximum absolute atomic E-state index is 13.5. The van der Waals surface area contributed by atoms with Gasteiger partial charge in [0.25, 0.3) is 11.8 Å². The fourth-order valence-corrected chi connectivity index (χ4v) is 5.11. The second-order valence-electron chi connectivity index (χ2n) is 6.94. The standard InChI is InChI=1S/C24H16N2O2S2/c27-22-20(21-23(28)26(24(29)30-21)17-11-5-2-6-12-17)18-13-7-8-14-19(18)25(22)15-16-9-3-1-4-10-16/h1-14H,15H2/b21-20-. The van der Waals surface area contributed by atoms with Crippen molar-refractivity contribution in [3.05, 3.63) is 101 Å². The number of carbonyl (C=O) groups is 2. The number of rotatable bonds is 3. The first-order chi connectivity index (χ1) is 14.6. The highest BCUT2D eigenvalue weighted by atomic mass is 32.2. The molecule has 0 spiro atoms. The zero-order chi connectivity index (χ0) is 20.7. The quantitative estimate of drug-likeness (QED) is 0.434. The molecule has 3 aromatic rings. The van der Waals surface area contributed by atoms with Crippen LogP contribution in [0.1, 0.15) is 11.1 Å². The van der Waals surface area contributed by atoms with E-state index in [1.807, 2.05) is 84.9 Å². The Morgan fingerprint density at radius 3 is 2.13 bits per heavy atom. The fraction of sp³-hybridized carbons (Fsp3) is 0.0417. The number of thiocarbonyl (C=S) groups is 1. The van der Waals surface area contributed by atoms with Gasteiger partial charge in [0, 0.05) is 5.56 Å². The lowest BCUT2D eigenvalue weighted by molar-refractivity contribution is -0.115. The molecule has 2 amide bonds. The highest BCUT2D eigenvalue weighted by Crippen LogP contribution is 2.45. The van der Waals surface area contributed by atoms with Gasteiger partial charge in [0.15, 0.2) is 4.32 Å². The number of hydrogen-bond acceptors (Lipinski definition) is 4. The second kappa shape index (κ2) is 7.55. The number of amides is 2. The molecule has 146 valence electrons. The normalized spacial score (nSPS) is 18.3. The molecule has 0 unspecified atom stereocenters. The molecule has 2 heterocycles. The van der Waals surface area contributed by atoms with Gasteiger partial charge in [-0.3, -0.25) is 14.5 Å². The number of para-hydroxylation sites is 2. The van der Waals surface area contributed by atoms with Crippen LogP contribution in [0.15, 0.2) is 89.8 Å². The minimum absolute atomic E-state index is 0.173. The number of benzene rings is 3. The number of nitrogens with zero attached hydrogens (tertiary/aromatic N) is 2. The Morgan fingerprint density at radius 1 is 0.767 bits per heavy atom. The first kappa shape index (κ1) is 18.8. The number of hydrogen-bond donors (Lipinski definition) is 0. The molecule has 0 aliphatic carbocycles. The van der Waals surface area contributed by atoms with E-state index in [1.54, 1.807) is 4.90 Å². The molecule has 0 bridgehead atoms. The molecule has 1 fully saturated rings. The van der Waals surface area contributed by atoms with E-state index in [1.165, 1.54) is 16.7 Å². The van der Waals surface area contributed by atoms with E-state index in [2.05, 4.69) is 0 Å². The van der Waals surface area contributed by atoms with Gasteiger partial charge in [-0.1, -0.05) is 90.7 Å². The largest absolute Gasteiger partial charge is 0.303 e. The van der Waals surface area contributed by atoms with E-state index in [4.69, 9.17) is 12.2 Å². The Labute approximate surface area is 183 Å². The first-order valence-corrected chi connectivity index (χ1v) is 10.7. The number of thioether (sulfide) groups is 1. The van der Waals surface area contributed by atoms with Crippen molar-refractivity contribution in [1.29, 1.82) is 0 Å². The Kier molecular flexibility index (Phi) is 4.73. The van der Waals surface area contributed by atoms with Gasteiger partial charge in [-0.2, -0.15) is 0 Å². The van der Waals surface area contributed by atoms with Crippen molar-refractivity contribution >= 4 is 57.1 Å². The third-order valence-electron chi connectivity index (χ3n) is 5.12. The van der Waals surface area contributed by atoms with Crippen LogP contribution in [-0.2, 0) is 16.1 Å². The van der Waals surface area contributed by atoms with Gasteiger partial charge in [-0.25, -0.2) is 0 Å². The molecule has 0 N–H and O–H groups in total. The van der Waals surface area contributed by atoms with Crippen LogP contribution in [0.5, 0.6) is 0 Å². The average Bonchev–Trinajstić information content (AvgIpc) is 3.22. The molecular formula is C24H16N2O2S2. The van der Waals surface area contributed by atoms with Gasteiger partial charge in [0.2, 0.25) is 0 Å². The van der Waals surface area contributed by atoms with Crippen LogP contribution >= 0.6 is 24.0 Å². The van der Waals surface area contributed by atoms with Gasteiger partial charge >= 0.3 is 0 Å². The summed E-state index contributed by atoms with van der Waals surface area (Å²) in [5.74, 6) is -0.426. The molecule has 0 saturated carbocycles. The monoisotopic (exact) mass is 428 g/mol. The molecule has 0 atom stereocenters. The molecule has 6 heteroatoms. The smallest absolute Gasteiger partial charge is 0.271 e. The molecule has 2 aliphatic rings. The maximum atomic E-state index is 13.5. The van der Waals surface area contributed by atoms with Crippen molar-refractivity contribution in [3.63, 3.8) is 0 Å². The Bertz CT molecular complexity index is 1210. The Balaban J connectivity index is 1.59. The van der Waals surface area contributed by atoms with Crippen LogP contribution in [-0.4, -0.2) is 16.1 Å². The topological polar surface area (TPSA) is 40.6 Å². The molecule has 5 rings (SSSR count). The minimum Gasteiger partial charge on any atom is -0.303 e. The number of anilines is 2. The summed E-state index contributed by atoms with van der Waals surface area (Å²) in [6.07, 6.45) is 0.